The zero-order chi connectivity index (χ0) is 26.7. The van der Waals surface area contributed by atoms with E-state index in [-0.39, 0.29) is 11.8 Å². The Morgan fingerprint density at radius 3 is 2.24 bits per heavy atom. The van der Waals surface area contributed by atoms with Crippen molar-refractivity contribution in [3.8, 4) is 5.75 Å². The maximum absolute atomic E-state index is 13.3. The summed E-state index contributed by atoms with van der Waals surface area (Å²) in [6.45, 7) is 0.419. The van der Waals surface area contributed by atoms with Crippen LogP contribution >= 0.6 is 0 Å². The number of rotatable bonds is 10. The molecule has 4 rings (SSSR count). The number of hydrogen-bond acceptors (Lipinski definition) is 5. The zero-order valence-corrected chi connectivity index (χ0v) is 21.1. The van der Waals surface area contributed by atoms with Crippen LogP contribution < -0.4 is 26.4 Å². The number of methoxy groups -OCH3 is 1. The number of para-hydroxylation sites is 2. The predicted octanol–water partition coefficient (Wildman–Crippen LogP) is 5.40. The van der Waals surface area contributed by atoms with E-state index in [1.807, 2.05) is 78.9 Å². The van der Waals surface area contributed by atoms with Gasteiger partial charge >= 0.3 is 0 Å². The Morgan fingerprint density at radius 2 is 1.55 bits per heavy atom. The molecule has 0 aliphatic rings. The van der Waals surface area contributed by atoms with E-state index in [1.165, 1.54) is 6.08 Å². The van der Waals surface area contributed by atoms with Crippen LogP contribution in [0.15, 0.2) is 109 Å². The van der Waals surface area contributed by atoms with E-state index >= 15 is 0 Å². The fourth-order valence-corrected chi connectivity index (χ4v) is 3.80. The molecule has 0 saturated carbocycles. The Labute approximate surface area is 222 Å². The number of carbonyl (C=O) groups is 2. The summed E-state index contributed by atoms with van der Waals surface area (Å²) in [6.07, 6.45) is 3.15. The van der Waals surface area contributed by atoms with Crippen LogP contribution in [0.25, 0.3) is 6.08 Å². The average molecular weight is 507 g/mol. The number of benzene rings is 4. The first-order valence-electron chi connectivity index (χ1n) is 12.2. The van der Waals surface area contributed by atoms with E-state index in [9.17, 15) is 9.59 Å². The lowest BCUT2D eigenvalue weighted by Crippen LogP contribution is -2.33. The summed E-state index contributed by atoms with van der Waals surface area (Å²) >= 11 is 0. The normalized spacial score (nSPS) is 11.5. The lowest BCUT2D eigenvalue weighted by Gasteiger charge is -2.20. The van der Waals surface area contributed by atoms with Crippen LogP contribution in [-0.2, 0) is 16.1 Å². The molecule has 0 radical (unpaired) electrons. The highest BCUT2D eigenvalue weighted by atomic mass is 16.5. The first-order chi connectivity index (χ1) is 18.5. The molecule has 7 heteroatoms. The van der Waals surface area contributed by atoms with Crippen molar-refractivity contribution in [2.24, 2.45) is 0 Å². The van der Waals surface area contributed by atoms with Gasteiger partial charge in [0.2, 0.25) is 11.8 Å². The van der Waals surface area contributed by atoms with Crippen molar-refractivity contribution in [1.29, 1.82) is 0 Å². The summed E-state index contributed by atoms with van der Waals surface area (Å²) in [6, 6.07) is 31.1. The minimum absolute atomic E-state index is 0.159. The number of amides is 2. The Bertz CT molecular complexity index is 1390. The van der Waals surface area contributed by atoms with Gasteiger partial charge < -0.3 is 26.4 Å². The number of hydrogen-bond donors (Lipinski definition) is 4. The van der Waals surface area contributed by atoms with Gasteiger partial charge in [0.1, 0.15) is 11.8 Å². The quantitative estimate of drug-likeness (QED) is 0.170. The molecule has 2 amide bonds. The molecule has 0 aliphatic heterocycles. The number of anilines is 3. The molecule has 0 saturated heterocycles. The zero-order valence-electron chi connectivity index (χ0n) is 21.1. The van der Waals surface area contributed by atoms with Gasteiger partial charge in [0.25, 0.3) is 0 Å². The van der Waals surface area contributed by atoms with Gasteiger partial charge in [-0.05, 0) is 59.2 Å². The van der Waals surface area contributed by atoms with Crippen molar-refractivity contribution in [2.75, 3.05) is 23.5 Å². The van der Waals surface area contributed by atoms with Crippen LogP contribution in [0.4, 0.5) is 17.1 Å². The second-order valence-corrected chi connectivity index (χ2v) is 8.59. The smallest absolute Gasteiger partial charge is 0.248 e. The molecular weight excluding hydrogens is 476 g/mol. The van der Waals surface area contributed by atoms with Gasteiger partial charge in [-0.25, -0.2) is 0 Å². The Morgan fingerprint density at radius 1 is 0.868 bits per heavy atom. The van der Waals surface area contributed by atoms with Crippen molar-refractivity contribution >= 4 is 35.0 Å². The highest BCUT2D eigenvalue weighted by Crippen LogP contribution is 2.23. The number of nitrogens with one attached hydrogen (secondary N) is 3. The van der Waals surface area contributed by atoms with Gasteiger partial charge in [0, 0.05) is 18.3 Å². The van der Waals surface area contributed by atoms with Crippen molar-refractivity contribution in [1.82, 2.24) is 5.32 Å². The van der Waals surface area contributed by atoms with Crippen LogP contribution in [0.2, 0.25) is 0 Å². The molecule has 4 aromatic rings. The summed E-state index contributed by atoms with van der Waals surface area (Å²) < 4.78 is 5.24. The van der Waals surface area contributed by atoms with Crippen LogP contribution in [0, 0.1) is 0 Å². The standard InChI is InChI=1S/C31H30N4O3/c1-38-26-18-16-25(17-19-26)34-30(31(37)33-21-23-7-3-2-4-8-23)24-14-11-22(12-15-24)13-20-29(36)35-28-10-6-5-9-27(28)32/h2-20,30,34H,21,32H2,1H3,(H,33,37)(H,35,36). The monoisotopic (exact) mass is 506 g/mol. The number of carbonyl (C=O) groups excluding carboxylic acids is 2. The third-order valence-electron chi connectivity index (χ3n) is 5.89. The van der Waals surface area contributed by atoms with Crippen LogP contribution in [0.3, 0.4) is 0 Å². The second-order valence-electron chi connectivity index (χ2n) is 8.59. The van der Waals surface area contributed by atoms with E-state index in [0.717, 1.165) is 28.1 Å². The van der Waals surface area contributed by atoms with Crippen molar-refractivity contribution < 1.29 is 14.3 Å². The predicted molar refractivity (Wildman–Crippen MR) is 153 cm³/mol. The van der Waals surface area contributed by atoms with Crippen LogP contribution in [-0.4, -0.2) is 18.9 Å². The van der Waals surface area contributed by atoms with Gasteiger partial charge in [-0.2, -0.15) is 0 Å². The minimum Gasteiger partial charge on any atom is -0.497 e. The maximum Gasteiger partial charge on any atom is 0.248 e. The van der Waals surface area contributed by atoms with E-state index < -0.39 is 6.04 Å². The van der Waals surface area contributed by atoms with Gasteiger partial charge in [-0.15, -0.1) is 0 Å². The first-order valence-corrected chi connectivity index (χ1v) is 12.2. The summed E-state index contributed by atoms with van der Waals surface area (Å²) in [7, 11) is 1.61. The third kappa shape index (κ3) is 7.24. The van der Waals surface area contributed by atoms with E-state index in [0.29, 0.717) is 17.9 Å². The molecule has 0 fully saturated rings. The van der Waals surface area contributed by atoms with E-state index in [4.69, 9.17) is 10.5 Å². The van der Waals surface area contributed by atoms with Gasteiger partial charge in [-0.1, -0.05) is 66.7 Å². The lowest BCUT2D eigenvalue weighted by molar-refractivity contribution is -0.122. The summed E-state index contributed by atoms with van der Waals surface area (Å²) in [5.74, 6) is 0.287. The number of nitrogen functional groups attached to an aromatic ring is 1. The van der Waals surface area contributed by atoms with E-state index in [1.54, 1.807) is 37.5 Å². The van der Waals surface area contributed by atoms with Crippen LogP contribution in [0.1, 0.15) is 22.7 Å². The third-order valence-corrected chi connectivity index (χ3v) is 5.89. The summed E-state index contributed by atoms with van der Waals surface area (Å²) in [4.78, 5) is 25.6. The number of nitrogens with two attached hydrogens (primary N) is 1. The molecule has 0 aliphatic carbocycles. The van der Waals surface area contributed by atoms with Gasteiger partial charge in [0.15, 0.2) is 0 Å². The Balaban J connectivity index is 1.47. The largest absolute Gasteiger partial charge is 0.497 e. The molecule has 192 valence electrons. The Hall–Kier alpha value is -5.04. The molecule has 7 nitrogen and oxygen atoms in total. The highest BCUT2D eigenvalue weighted by molar-refractivity contribution is 6.03. The molecule has 0 aromatic heterocycles. The molecule has 0 spiro atoms. The van der Waals surface area contributed by atoms with Gasteiger partial charge in [0.05, 0.1) is 18.5 Å². The molecule has 1 atom stereocenters. The molecule has 38 heavy (non-hydrogen) atoms. The van der Waals surface area contributed by atoms with E-state index in [2.05, 4.69) is 16.0 Å². The topological polar surface area (TPSA) is 105 Å². The average Bonchev–Trinajstić information content (AvgIpc) is 2.96. The number of ether oxygens (including phenoxy) is 1. The lowest BCUT2D eigenvalue weighted by atomic mass is 10.0. The maximum atomic E-state index is 13.3. The second kappa shape index (κ2) is 12.8. The minimum atomic E-state index is -0.630. The SMILES string of the molecule is COc1ccc(NC(C(=O)NCc2ccccc2)c2ccc(C=CC(=O)Nc3ccccc3N)cc2)cc1. The fraction of sp³-hybridized carbons (Fsp3) is 0.0968. The molecule has 0 bridgehead atoms. The molecular formula is C31H30N4O3. The highest BCUT2D eigenvalue weighted by Gasteiger charge is 2.20. The van der Waals surface area contributed by atoms with Gasteiger partial charge in [-0.3, -0.25) is 9.59 Å². The van der Waals surface area contributed by atoms with Crippen LogP contribution in [0.5, 0.6) is 5.75 Å². The van der Waals surface area contributed by atoms with Crippen molar-refractivity contribution in [3.63, 3.8) is 0 Å². The first kappa shape index (κ1) is 26.0. The molecule has 0 heterocycles. The Kier molecular flexibility index (Phi) is 8.76. The molecule has 1 unspecified atom stereocenters. The molecule has 4 aromatic carbocycles. The van der Waals surface area contributed by atoms with Crippen molar-refractivity contribution in [2.45, 2.75) is 12.6 Å². The summed E-state index contributed by atoms with van der Waals surface area (Å²) in [5.41, 5.74) is 10.3. The van der Waals surface area contributed by atoms with Crippen molar-refractivity contribution in [3.05, 3.63) is 126 Å². The molecule has 5 N–H and O–H groups in total. The summed E-state index contributed by atoms with van der Waals surface area (Å²) in [5, 5.41) is 9.11. The fourth-order valence-electron chi connectivity index (χ4n) is 3.80.